The standard InChI is InChI=1S/C26H34N4O2/c1-27-26(30-13-12-22(19-30)15-20-7-3-2-4-8-20)29-17-21-9-5-10-23(16-21)25(31)28-18-24-11-6-14-32-24/h2-5,7-10,16,22,24H,6,11-15,17-19H2,1H3,(H,27,29)(H,28,31). The van der Waals surface area contributed by atoms with Crippen molar-refractivity contribution in [2.75, 3.05) is 33.3 Å². The average molecular weight is 435 g/mol. The topological polar surface area (TPSA) is 66.0 Å². The Labute approximate surface area is 191 Å². The number of guanidine groups is 1. The largest absolute Gasteiger partial charge is 0.376 e. The Kier molecular flexibility index (Phi) is 7.77. The summed E-state index contributed by atoms with van der Waals surface area (Å²) in [7, 11) is 1.84. The zero-order valence-electron chi connectivity index (χ0n) is 18.9. The van der Waals surface area contributed by atoms with Crippen molar-refractivity contribution in [2.24, 2.45) is 10.9 Å². The van der Waals surface area contributed by atoms with E-state index >= 15 is 0 Å². The molecule has 2 aliphatic heterocycles. The molecule has 2 unspecified atom stereocenters. The summed E-state index contributed by atoms with van der Waals surface area (Å²) < 4.78 is 5.59. The highest BCUT2D eigenvalue weighted by molar-refractivity contribution is 5.94. The number of amides is 1. The molecular formula is C26H34N4O2. The number of hydrogen-bond acceptors (Lipinski definition) is 3. The fourth-order valence-electron chi connectivity index (χ4n) is 4.59. The minimum Gasteiger partial charge on any atom is -0.376 e. The van der Waals surface area contributed by atoms with E-state index in [2.05, 4.69) is 50.9 Å². The van der Waals surface area contributed by atoms with Gasteiger partial charge < -0.3 is 20.3 Å². The van der Waals surface area contributed by atoms with Crippen LogP contribution in [0.1, 0.15) is 40.7 Å². The second kappa shape index (κ2) is 11.1. The molecule has 170 valence electrons. The summed E-state index contributed by atoms with van der Waals surface area (Å²) >= 11 is 0. The highest BCUT2D eigenvalue weighted by Gasteiger charge is 2.25. The van der Waals surface area contributed by atoms with Crippen molar-refractivity contribution in [3.05, 3.63) is 71.3 Å². The monoisotopic (exact) mass is 434 g/mol. The molecular weight excluding hydrogens is 400 g/mol. The highest BCUT2D eigenvalue weighted by atomic mass is 16.5. The molecule has 6 nitrogen and oxygen atoms in total. The van der Waals surface area contributed by atoms with Crippen LogP contribution in [0, 0.1) is 5.92 Å². The molecule has 2 saturated heterocycles. The minimum atomic E-state index is -0.0463. The number of aliphatic imine (C=N–C) groups is 1. The first kappa shape index (κ1) is 22.3. The molecule has 2 heterocycles. The predicted octanol–water partition coefficient (Wildman–Crippen LogP) is 3.24. The second-order valence-corrected chi connectivity index (χ2v) is 8.74. The van der Waals surface area contributed by atoms with Crippen LogP contribution < -0.4 is 10.6 Å². The van der Waals surface area contributed by atoms with Gasteiger partial charge in [0.1, 0.15) is 0 Å². The molecule has 0 saturated carbocycles. The van der Waals surface area contributed by atoms with Crippen LogP contribution in [-0.4, -0.2) is 56.2 Å². The van der Waals surface area contributed by atoms with Gasteiger partial charge in [0.2, 0.25) is 0 Å². The Hall–Kier alpha value is -2.86. The molecule has 32 heavy (non-hydrogen) atoms. The molecule has 2 aromatic carbocycles. The molecule has 2 atom stereocenters. The summed E-state index contributed by atoms with van der Waals surface area (Å²) in [6, 6.07) is 18.5. The second-order valence-electron chi connectivity index (χ2n) is 8.74. The summed E-state index contributed by atoms with van der Waals surface area (Å²) in [5.41, 5.74) is 3.15. The molecule has 0 bridgehead atoms. The van der Waals surface area contributed by atoms with Crippen LogP contribution in [0.2, 0.25) is 0 Å². The van der Waals surface area contributed by atoms with Crippen LogP contribution >= 0.6 is 0 Å². The third-order valence-corrected chi connectivity index (χ3v) is 6.32. The zero-order chi connectivity index (χ0) is 22.2. The lowest BCUT2D eigenvalue weighted by molar-refractivity contribution is 0.0857. The van der Waals surface area contributed by atoms with Crippen molar-refractivity contribution >= 4 is 11.9 Å². The third-order valence-electron chi connectivity index (χ3n) is 6.32. The number of nitrogens with zero attached hydrogens (tertiary/aromatic N) is 2. The van der Waals surface area contributed by atoms with E-state index < -0.39 is 0 Å². The van der Waals surface area contributed by atoms with Gasteiger partial charge in [-0.2, -0.15) is 0 Å². The molecule has 0 aliphatic carbocycles. The molecule has 2 aliphatic rings. The van der Waals surface area contributed by atoms with E-state index in [-0.39, 0.29) is 12.0 Å². The van der Waals surface area contributed by atoms with Crippen LogP contribution in [0.25, 0.3) is 0 Å². The normalized spacial score (nSPS) is 21.0. The van der Waals surface area contributed by atoms with E-state index in [1.165, 1.54) is 12.0 Å². The van der Waals surface area contributed by atoms with Crippen molar-refractivity contribution in [1.29, 1.82) is 0 Å². The number of hydrogen-bond donors (Lipinski definition) is 2. The SMILES string of the molecule is CN=C(NCc1cccc(C(=O)NCC2CCCO2)c1)N1CCC(Cc2ccccc2)C1. The van der Waals surface area contributed by atoms with Gasteiger partial charge in [-0.25, -0.2) is 0 Å². The lowest BCUT2D eigenvalue weighted by atomic mass is 9.99. The summed E-state index contributed by atoms with van der Waals surface area (Å²) in [6.45, 7) is 4.04. The van der Waals surface area contributed by atoms with Crippen LogP contribution in [0.5, 0.6) is 0 Å². The summed E-state index contributed by atoms with van der Waals surface area (Å²) in [5.74, 6) is 1.52. The smallest absolute Gasteiger partial charge is 0.251 e. The summed E-state index contributed by atoms with van der Waals surface area (Å²) in [5, 5.41) is 6.48. The number of likely N-dealkylation sites (tertiary alicyclic amines) is 1. The van der Waals surface area contributed by atoms with Crippen molar-refractivity contribution in [1.82, 2.24) is 15.5 Å². The van der Waals surface area contributed by atoms with Crippen molar-refractivity contribution in [3.8, 4) is 0 Å². The van der Waals surface area contributed by atoms with Gasteiger partial charge in [0.25, 0.3) is 5.91 Å². The number of ether oxygens (including phenoxy) is 1. The number of carbonyl (C=O) groups is 1. The Morgan fingerprint density at radius 1 is 1.09 bits per heavy atom. The fraction of sp³-hybridized carbons (Fsp3) is 0.462. The Bertz CT molecular complexity index is 909. The first-order chi connectivity index (χ1) is 15.7. The molecule has 2 fully saturated rings. The van der Waals surface area contributed by atoms with Crippen LogP contribution in [0.3, 0.4) is 0 Å². The number of benzene rings is 2. The molecule has 0 spiro atoms. The van der Waals surface area contributed by atoms with Gasteiger partial charge in [-0.05, 0) is 54.9 Å². The van der Waals surface area contributed by atoms with Crippen LogP contribution in [0.15, 0.2) is 59.6 Å². The summed E-state index contributed by atoms with van der Waals surface area (Å²) in [4.78, 5) is 19.4. The Morgan fingerprint density at radius 2 is 1.94 bits per heavy atom. The maximum atomic E-state index is 12.5. The first-order valence-electron chi connectivity index (χ1n) is 11.7. The highest BCUT2D eigenvalue weighted by Crippen LogP contribution is 2.21. The third kappa shape index (κ3) is 6.10. The van der Waals surface area contributed by atoms with E-state index in [9.17, 15) is 4.79 Å². The van der Waals surface area contributed by atoms with Gasteiger partial charge in [0.05, 0.1) is 6.10 Å². The number of nitrogens with one attached hydrogen (secondary N) is 2. The van der Waals surface area contributed by atoms with Gasteiger partial charge in [0.15, 0.2) is 5.96 Å². The Balaban J connectivity index is 1.26. The molecule has 2 N–H and O–H groups in total. The summed E-state index contributed by atoms with van der Waals surface area (Å²) in [6.07, 6.45) is 4.53. The first-order valence-corrected chi connectivity index (χ1v) is 11.7. The number of rotatable bonds is 7. The fourth-order valence-corrected chi connectivity index (χ4v) is 4.59. The van der Waals surface area contributed by atoms with Gasteiger partial charge in [0, 0.05) is 45.4 Å². The van der Waals surface area contributed by atoms with Crippen molar-refractivity contribution < 1.29 is 9.53 Å². The minimum absolute atomic E-state index is 0.0463. The maximum Gasteiger partial charge on any atom is 0.251 e. The maximum absolute atomic E-state index is 12.5. The molecule has 1 amide bonds. The van der Waals surface area contributed by atoms with Crippen molar-refractivity contribution in [3.63, 3.8) is 0 Å². The van der Waals surface area contributed by atoms with E-state index in [4.69, 9.17) is 4.74 Å². The van der Waals surface area contributed by atoms with Crippen molar-refractivity contribution in [2.45, 2.75) is 38.3 Å². The average Bonchev–Trinajstić information content (AvgIpc) is 3.51. The van der Waals surface area contributed by atoms with Crippen LogP contribution in [0.4, 0.5) is 0 Å². The van der Waals surface area contributed by atoms with Gasteiger partial charge >= 0.3 is 0 Å². The van der Waals surface area contributed by atoms with E-state index in [0.29, 0.717) is 24.6 Å². The molecule has 6 heteroatoms. The molecule has 4 rings (SSSR count). The number of carbonyl (C=O) groups excluding carboxylic acids is 1. The lowest BCUT2D eigenvalue weighted by Crippen LogP contribution is -2.39. The predicted molar refractivity (Wildman–Crippen MR) is 128 cm³/mol. The lowest BCUT2D eigenvalue weighted by Gasteiger charge is -2.22. The van der Waals surface area contributed by atoms with E-state index in [1.54, 1.807) is 0 Å². The van der Waals surface area contributed by atoms with E-state index in [0.717, 1.165) is 50.5 Å². The van der Waals surface area contributed by atoms with E-state index in [1.807, 2.05) is 31.3 Å². The van der Waals surface area contributed by atoms with Gasteiger partial charge in [-0.3, -0.25) is 9.79 Å². The molecule has 2 aromatic rings. The molecule has 0 aromatic heterocycles. The molecule has 0 radical (unpaired) electrons. The Morgan fingerprint density at radius 3 is 2.72 bits per heavy atom. The van der Waals surface area contributed by atoms with Gasteiger partial charge in [-0.15, -0.1) is 0 Å². The zero-order valence-corrected chi connectivity index (χ0v) is 18.9. The van der Waals surface area contributed by atoms with Crippen LogP contribution in [-0.2, 0) is 17.7 Å². The quantitative estimate of drug-likeness (QED) is 0.519. The van der Waals surface area contributed by atoms with Gasteiger partial charge in [-0.1, -0.05) is 42.5 Å².